The first kappa shape index (κ1) is 11.1. The number of hydrogen-bond acceptors (Lipinski definition) is 3. The lowest BCUT2D eigenvalue weighted by atomic mass is 10.0. The summed E-state index contributed by atoms with van der Waals surface area (Å²) in [5.74, 6) is -1.15. The summed E-state index contributed by atoms with van der Waals surface area (Å²) in [6.45, 7) is 0. The zero-order chi connectivity index (χ0) is 12.6. The summed E-state index contributed by atoms with van der Waals surface area (Å²) in [5.41, 5.74) is 0.379. The average molecular weight is 247 g/mol. The van der Waals surface area contributed by atoms with E-state index in [0.29, 0.717) is 5.95 Å². The first-order chi connectivity index (χ1) is 8.70. The minimum absolute atomic E-state index is 0.351. The maximum Gasteiger partial charge on any atom is 0.223 e. The summed E-state index contributed by atoms with van der Waals surface area (Å²) in [6, 6.07) is 5.71. The average Bonchev–Trinajstić information content (AvgIpc) is 3.15. The second kappa shape index (κ2) is 4.01. The van der Waals surface area contributed by atoms with Gasteiger partial charge in [0.05, 0.1) is 5.54 Å². The Bertz CT molecular complexity index is 568. The molecule has 1 aromatic carbocycles. The molecule has 1 fully saturated rings. The third kappa shape index (κ3) is 1.92. The van der Waals surface area contributed by atoms with Crippen molar-refractivity contribution in [2.45, 2.75) is 18.4 Å². The van der Waals surface area contributed by atoms with Crippen molar-refractivity contribution in [1.29, 1.82) is 0 Å². The van der Waals surface area contributed by atoms with Gasteiger partial charge >= 0.3 is 0 Å². The number of nitrogens with zero attached hydrogens (tertiary/aromatic N) is 2. The van der Waals surface area contributed by atoms with E-state index in [9.17, 15) is 8.78 Å². The SMILES string of the molecule is Fc1ccc(C2(Nc3ncccn3)CC2)cc1F. The van der Waals surface area contributed by atoms with Gasteiger partial charge < -0.3 is 5.32 Å². The Hall–Kier alpha value is -2.04. The summed E-state index contributed by atoms with van der Waals surface area (Å²) in [6.07, 6.45) is 4.99. The van der Waals surface area contributed by atoms with Crippen molar-refractivity contribution in [3.8, 4) is 0 Å². The molecule has 1 aliphatic rings. The van der Waals surface area contributed by atoms with Crippen LogP contribution in [0.5, 0.6) is 0 Å². The summed E-state index contributed by atoms with van der Waals surface area (Å²) >= 11 is 0. The van der Waals surface area contributed by atoms with Crippen LogP contribution in [-0.4, -0.2) is 9.97 Å². The normalized spacial score (nSPS) is 16.3. The van der Waals surface area contributed by atoms with Crippen molar-refractivity contribution < 1.29 is 8.78 Å². The zero-order valence-electron chi connectivity index (χ0n) is 9.53. The van der Waals surface area contributed by atoms with E-state index in [2.05, 4.69) is 15.3 Å². The van der Waals surface area contributed by atoms with Crippen LogP contribution < -0.4 is 5.32 Å². The first-order valence-electron chi connectivity index (χ1n) is 5.70. The van der Waals surface area contributed by atoms with Gasteiger partial charge in [-0.1, -0.05) is 6.07 Å². The Labute approximate surface area is 103 Å². The molecule has 1 N–H and O–H groups in total. The Balaban J connectivity index is 1.89. The zero-order valence-corrected chi connectivity index (χ0v) is 9.53. The molecule has 5 heteroatoms. The van der Waals surface area contributed by atoms with Gasteiger partial charge in [-0.05, 0) is 36.6 Å². The van der Waals surface area contributed by atoms with Gasteiger partial charge in [0.1, 0.15) is 0 Å². The van der Waals surface area contributed by atoms with Gasteiger partial charge in [0.25, 0.3) is 0 Å². The molecule has 1 aromatic heterocycles. The smallest absolute Gasteiger partial charge is 0.223 e. The molecule has 0 atom stereocenters. The standard InChI is InChI=1S/C13H11F2N3/c14-10-3-2-9(8-11(10)15)13(4-5-13)18-12-16-6-1-7-17-12/h1-3,6-8H,4-5H2,(H,16,17,18). The summed E-state index contributed by atoms with van der Waals surface area (Å²) in [4.78, 5) is 8.16. The maximum atomic E-state index is 13.2. The van der Waals surface area contributed by atoms with Crippen LogP contribution in [0.4, 0.5) is 14.7 Å². The fourth-order valence-corrected chi connectivity index (χ4v) is 1.98. The molecule has 92 valence electrons. The molecule has 0 bridgehead atoms. The molecule has 2 aromatic rings. The summed E-state index contributed by atoms with van der Waals surface area (Å²) in [7, 11) is 0. The fourth-order valence-electron chi connectivity index (χ4n) is 1.98. The van der Waals surface area contributed by atoms with Crippen molar-refractivity contribution in [3.05, 3.63) is 53.9 Å². The van der Waals surface area contributed by atoms with Crippen molar-refractivity contribution in [1.82, 2.24) is 9.97 Å². The maximum absolute atomic E-state index is 13.2. The van der Waals surface area contributed by atoms with Crippen molar-refractivity contribution in [3.63, 3.8) is 0 Å². The molecule has 18 heavy (non-hydrogen) atoms. The van der Waals surface area contributed by atoms with E-state index in [4.69, 9.17) is 0 Å². The molecule has 1 saturated carbocycles. The van der Waals surface area contributed by atoms with E-state index in [0.717, 1.165) is 24.5 Å². The summed E-state index contributed by atoms with van der Waals surface area (Å²) < 4.78 is 26.2. The van der Waals surface area contributed by atoms with Crippen LogP contribution in [0.15, 0.2) is 36.7 Å². The highest BCUT2D eigenvalue weighted by Crippen LogP contribution is 2.47. The number of halogens is 2. The molecular weight excluding hydrogens is 236 g/mol. The van der Waals surface area contributed by atoms with E-state index in [1.807, 2.05) is 0 Å². The second-order valence-electron chi connectivity index (χ2n) is 4.41. The van der Waals surface area contributed by atoms with Gasteiger partial charge in [0, 0.05) is 12.4 Å². The molecule has 1 aliphatic carbocycles. The molecule has 3 nitrogen and oxygen atoms in total. The molecular formula is C13H11F2N3. The van der Waals surface area contributed by atoms with Crippen LogP contribution in [0.2, 0.25) is 0 Å². The lowest BCUT2D eigenvalue weighted by Crippen LogP contribution is -2.20. The molecule has 3 rings (SSSR count). The highest BCUT2D eigenvalue weighted by molar-refractivity contribution is 5.42. The topological polar surface area (TPSA) is 37.8 Å². The number of aromatic nitrogens is 2. The predicted octanol–water partition coefficient (Wildman–Crippen LogP) is 2.86. The largest absolute Gasteiger partial charge is 0.345 e. The van der Waals surface area contributed by atoms with Gasteiger partial charge in [-0.2, -0.15) is 0 Å². The van der Waals surface area contributed by atoms with Crippen LogP contribution in [0.3, 0.4) is 0 Å². The van der Waals surface area contributed by atoms with Gasteiger partial charge in [-0.25, -0.2) is 18.7 Å². The van der Waals surface area contributed by atoms with Gasteiger partial charge in [0.15, 0.2) is 11.6 Å². The third-order valence-corrected chi connectivity index (χ3v) is 3.14. The van der Waals surface area contributed by atoms with Crippen molar-refractivity contribution in [2.75, 3.05) is 5.32 Å². The van der Waals surface area contributed by atoms with Crippen LogP contribution in [-0.2, 0) is 5.54 Å². The molecule has 0 spiro atoms. The highest BCUT2D eigenvalue weighted by atomic mass is 19.2. The van der Waals surface area contributed by atoms with E-state index >= 15 is 0 Å². The fraction of sp³-hybridized carbons (Fsp3) is 0.231. The van der Waals surface area contributed by atoms with Crippen LogP contribution in [0, 0.1) is 11.6 Å². The Morgan fingerprint density at radius 3 is 2.39 bits per heavy atom. The van der Waals surface area contributed by atoms with Crippen LogP contribution in [0.25, 0.3) is 0 Å². The Morgan fingerprint density at radius 1 is 1.06 bits per heavy atom. The molecule has 0 saturated heterocycles. The minimum atomic E-state index is -0.828. The van der Waals surface area contributed by atoms with E-state index in [1.165, 1.54) is 6.07 Å². The van der Waals surface area contributed by atoms with E-state index in [-0.39, 0.29) is 5.54 Å². The number of rotatable bonds is 3. The van der Waals surface area contributed by atoms with Gasteiger partial charge in [-0.3, -0.25) is 0 Å². The van der Waals surface area contributed by atoms with E-state index < -0.39 is 11.6 Å². The highest BCUT2D eigenvalue weighted by Gasteiger charge is 2.45. The quantitative estimate of drug-likeness (QED) is 0.906. The first-order valence-corrected chi connectivity index (χ1v) is 5.70. The van der Waals surface area contributed by atoms with Crippen LogP contribution >= 0.6 is 0 Å². The van der Waals surface area contributed by atoms with Gasteiger partial charge in [0.2, 0.25) is 5.95 Å². The predicted molar refractivity (Wildman–Crippen MR) is 62.9 cm³/mol. The lowest BCUT2D eigenvalue weighted by molar-refractivity contribution is 0.505. The molecule has 0 radical (unpaired) electrons. The van der Waals surface area contributed by atoms with Crippen LogP contribution in [0.1, 0.15) is 18.4 Å². The second-order valence-corrected chi connectivity index (χ2v) is 4.41. The monoisotopic (exact) mass is 247 g/mol. The Kier molecular flexibility index (Phi) is 2.47. The molecule has 0 amide bonds. The molecule has 0 aliphatic heterocycles. The number of nitrogens with one attached hydrogen (secondary N) is 1. The number of anilines is 1. The Morgan fingerprint density at radius 2 is 1.78 bits per heavy atom. The third-order valence-electron chi connectivity index (χ3n) is 3.14. The number of hydrogen-bond donors (Lipinski definition) is 1. The van der Waals surface area contributed by atoms with Crippen molar-refractivity contribution >= 4 is 5.95 Å². The summed E-state index contributed by atoms with van der Waals surface area (Å²) in [5, 5.41) is 3.18. The minimum Gasteiger partial charge on any atom is -0.345 e. The molecule has 1 heterocycles. The van der Waals surface area contributed by atoms with Crippen molar-refractivity contribution in [2.24, 2.45) is 0 Å². The number of benzene rings is 1. The van der Waals surface area contributed by atoms with E-state index in [1.54, 1.807) is 24.5 Å². The van der Waals surface area contributed by atoms with Gasteiger partial charge in [-0.15, -0.1) is 0 Å². The lowest BCUT2D eigenvalue weighted by Gasteiger charge is -2.17. The molecule has 0 unspecified atom stereocenters.